The van der Waals surface area contributed by atoms with Gasteiger partial charge in [-0.1, -0.05) is 18.2 Å². The third-order valence-electron chi connectivity index (χ3n) is 3.57. The van der Waals surface area contributed by atoms with Crippen LogP contribution in [-0.2, 0) is 11.2 Å². The van der Waals surface area contributed by atoms with Gasteiger partial charge in [-0.3, -0.25) is 4.79 Å². The lowest BCUT2D eigenvalue weighted by Gasteiger charge is -2.05. The molecule has 1 amide bonds. The number of carbonyl (C=O) groups excluding carboxylic acids is 1. The summed E-state index contributed by atoms with van der Waals surface area (Å²) >= 11 is 1.77. The van der Waals surface area contributed by atoms with E-state index in [9.17, 15) is 4.79 Å². The zero-order chi connectivity index (χ0) is 13.9. The number of benzene rings is 1. The van der Waals surface area contributed by atoms with Crippen LogP contribution in [0.1, 0.15) is 22.8 Å². The fourth-order valence-corrected chi connectivity index (χ4v) is 3.26. The first-order chi connectivity index (χ1) is 9.76. The molecule has 3 nitrogen and oxygen atoms in total. The van der Waals surface area contributed by atoms with Gasteiger partial charge in [0, 0.05) is 16.8 Å². The molecule has 0 saturated heterocycles. The molecule has 104 valence electrons. The van der Waals surface area contributed by atoms with Gasteiger partial charge in [-0.15, -0.1) is 11.3 Å². The van der Waals surface area contributed by atoms with Crippen molar-refractivity contribution >= 4 is 17.2 Å². The summed E-state index contributed by atoms with van der Waals surface area (Å²) in [4.78, 5) is 13.4. The predicted octanol–water partition coefficient (Wildman–Crippen LogP) is 2.97. The molecule has 20 heavy (non-hydrogen) atoms. The Balaban J connectivity index is 1.50. The van der Waals surface area contributed by atoms with Crippen LogP contribution >= 0.6 is 11.3 Å². The van der Waals surface area contributed by atoms with Crippen LogP contribution in [0.5, 0.6) is 5.75 Å². The molecular weight excluding hydrogens is 270 g/mol. The topological polar surface area (TPSA) is 38.3 Å². The first-order valence-corrected chi connectivity index (χ1v) is 7.60. The Kier molecular flexibility index (Phi) is 3.74. The summed E-state index contributed by atoms with van der Waals surface area (Å²) in [5, 5.41) is 5.19. The number of hydrogen-bond donors (Lipinski definition) is 1. The largest absolute Gasteiger partial charge is 0.497 e. The first-order valence-electron chi connectivity index (χ1n) is 6.72. The average molecular weight is 287 g/mol. The van der Waals surface area contributed by atoms with Crippen molar-refractivity contribution in [2.24, 2.45) is 0 Å². The van der Waals surface area contributed by atoms with E-state index in [0.717, 1.165) is 17.7 Å². The number of methoxy groups -OCH3 is 1. The number of hydrogen-bond acceptors (Lipinski definition) is 3. The van der Waals surface area contributed by atoms with Gasteiger partial charge >= 0.3 is 0 Å². The zero-order valence-corrected chi connectivity index (χ0v) is 12.2. The van der Waals surface area contributed by atoms with Crippen molar-refractivity contribution in [2.75, 3.05) is 7.11 Å². The Labute approximate surface area is 122 Å². The van der Waals surface area contributed by atoms with Gasteiger partial charge in [-0.2, -0.15) is 0 Å². The van der Waals surface area contributed by atoms with Crippen molar-refractivity contribution in [1.82, 2.24) is 5.32 Å². The summed E-state index contributed by atoms with van der Waals surface area (Å²) in [7, 11) is 1.64. The molecule has 1 N–H and O–H groups in total. The molecule has 0 aliphatic heterocycles. The monoisotopic (exact) mass is 287 g/mol. The highest BCUT2D eigenvalue weighted by Gasteiger charge is 2.39. The van der Waals surface area contributed by atoms with E-state index in [0.29, 0.717) is 18.4 Å². The minimum absolute atomic E-state index is 0.0965. The predicted molar refractivity (Wildman–Crippen MR) is 80.3 cm³/mol. The molecule has 0 bridgehead atoms. The van der Waals surface area contributed by atoms with Crippen LogP contribution in [0.3, 0.4) is 0 Å². The van der Waals surface area contributed by atoms with Crippen LogP contribution in [0, 0.1) is 0 Å². The SMILES string of the molecule is COc1ccc(CC(=O)NC2CC2c2cccs2)cc1. The van der Waals surface area contributed by atoms with Gasteiger partial charge in [0.2, 0.25) is 5.91 Å². The Hall–Kier alpha value is -1.81. The lowest BCUT2D eigenvalue weighted by atomic mass is 10.1. The van der Waals surface area contributed by atoms with Gasteiger partial charge in [-0.05, 0) is 35.6 Å². The molecule has 1 aromatic heterocycles. The number of amides is 1. The molecule has 0 radical (unpaired) electrons. The molecule has 2 aromatic rings. The second kappa shape index (κ2) is 5.67. The summed E-state index contributed by atoms with van der Waals surface area (Å²) in [5.74, 6) is 1.43. The standard InChI is InChI=1S/C16H17NO2S/c1-19-12-6-4-11(5-7-12)9-16(18)17-14-10-13(14)15-3-2-8-20-15/h2-8,13-14H,9-10H2,1H3,(H,17,18). The second-order valence-corrected chi connectivity index (χ2v) is 6.04. The molecule has 0 spiro atoms. The molecule has 1 aromatic carbocycles. The first kappa shape index (κ1) is 13.2. The van der Waals surface area contributed by atoms with Crippen LogP contribution < -0.4 is 10.1 Å². The molecular formula is C16H17NO2S. The van der Waals surface area contributed by atoms with Crippen LogP contribution in [0.25, 0.3) is 0 Å². The van der Waals surface area contributed by atoms with Gasteiger partial charge in [0.05, 0.1) is 13.5 Å². The summed E-state index contributed by atoms with van der Waals surface area (Å²) in [6.45, 7) is 0. The maximum absolute atomic E-state index is 12.0. The van der Waals surface area contributed by atoms with E-state index < -0.39 is 0 Å². The van der Waals surface area contributed by atoms with E-state index in [1.807, 2.05) is 24.3 Å². The van der Waals surface area contributed by atoms with Gasteiger partial charge in [0.15, 0.2) is 0 Å². The fraction of sp³-hybridized carbons (Fsp3) is 0.312. The highest BCUT2D eigenvalue weighted by molar-refractivity contribution is 7.10. The van der Waals surface area contributed by atoms with E-state index in [-0.39, 0.29) is 5.91 Å². The highest BCUT2D eigenvalue weighted by Crippen LogP contribution is 2.42. The van der Waals surface area contributed by atoms with Crippen molar-refractivity contribution < 1.29 is 9.53 Å². The summed E-state index contributed by atoms with van der Waals surface area (Å²) in [6, 6.07) is 12.2. The lowest BCUT2D eigenvalue weighted by molar-refractivity contribution is -0.120. The minimum atomic E-state index is 0.0965. The molecule has 1 aliphatic carbocycles. The van der Waals surface area contributed by atoms with E-state index in [2.05, 4.69) is 22.8 Å². The van der Waals surface area contributed by atoms with E-state index >= 15 is 0 Å². The minimum Gasteiger partial charge on any atom is -0.497 e. The Bertz CT molecular complexity index is 577. The fourth-order valence-electron chi connectivity index (χ4n) is 2.36. The Morgan fingerprint density at radius 2 is 2.15 bits per heavy atom. The van der Waals surface area contributed by atoms with Crippen LogP contribution in [0.15, 0.2) is 41.8 Å². The second-order valence-electron chi connectivity index (χ2n) is 5.06. The van der Waals surface area contributed by atoms with Crippen molar-refractivity contribution in [1.29, 1.82) is 0 Å². The quantitative estimate of drug-likeness (QED) is 0.918. The number of thiophene rings is 1. The third-order valence-corrected chi connectivity index (χ3v) is 4.57. The Morgan fingerprint density at radius 1 is 1.35 bits per heavy atom. The molecule has 1 heterocycles. The van der Waals surface area contributed by atoms with E-state index in [4.69, 9.17) is 4.74 Å². The van der Waals surface area contributed by atoms with Crippen LogP contribution in [-0.4, -0.2) is 19.1 Å². The van der Waals surface area contributed by atoms with Crippen molar-refractivity contribution in [2.45, 2.75) is 24.8 Å². The molecule has 1 saturated carbocycles. The van der Waals surface area contributed by atoms with Gasteiger partial charge in [0.1, 0.15) is 5.75 Å². The Morgan fingerprint density at radius 3 is 2.80 bits per heavy atom. The number of ether oxygens (including phenoxy) is 1. The molecule has 1 aliphatic rings. The number of nitrogens with one attached hydrogen (secondary N) is 1. The third kappa shape index (κ3) is 3.02. The van der Waals surface area contributed by atoms with E-state index in [1.165, 1.54) is 4.88 Å². The normalized spacial score (nSPS) is 20.4. The zero-order valence-electron chi connectivity index (χ0n) is 11.3. The summed E-state index contributed by atoms with van der Waals surface area (Å²) in [5.41, 5.74) is 1.01. The van der Waals surface area contributed by atoms with Crippen molar-refractivity contribution in [3.8, 4) is 5.75 Å². The maximum Gasteiger partial charge on any atom is 0.224 e. The number of carbonyl (C=O) groups is 1. The van der Waals surface area contributed by atoms with Crippen LogP contribution in [0.2, 0.25) is 0 Å². The highest BCUT2D eigenvalue weighted by atomic mass is 32.1. The van der Waals surface area contributed by atoms with E-state index in [1.54, 1.807) is 18.4 Å². The van der Waals surface area contributed by atoms with Gasteiger partial charge in [0.25, 0.3) is 0 Å². The molecule has 2 atom stereocenters. The lowest BCUT2D eigenvalue weighted by Crippen LogP contribution is -2.28. The maximum atomic E-state index is 12.0. The van der Waals surface area contributed by atoms with Crippen molar-refractivity contribution in [3.63, 3.8) is 0 Å². The van der Waals surface area contributed by atoms with Gasteiger partial charge < -0.3 is 10.1 Å². The average Bonchev–Trinajstić information content (AvgIpc) is 3.01. The molecule has 4 heteroatoms. The summed E-state index contributed by atoms with van der Waals surface area (Å²) < 4.78 is 5.10. The van der Waals surface area contributed by atoms with Gasteiger partial charge in [-0.25, -0.2) is 0 Å². The number of rotatable bonds is 5. The van der Waals surface area contributed by atoms with Crippen molar-refractivity contribution in [3.05, 3.63) is 52.2 Å². The molecule has 2 unspecified atom stereocenters. The molecule has 1 fully saturated rings. The molecule has 3 rings (SSSR count). The summed E-state index contributed by atoms with van der Waals surface area (Å²) in [6.07, 6.45) is 1.49. The smallest absolute Gasteiger partial charge is 0.224 e. The van der Waals surface area contributed by atoms with Crippen LogP contribution in [0.4, 0.5) is 0 Å².